The Labute approximate surface area is 174 Å². The maximum Gasteiger partial charge on any atom is 0.270 e. The number of ether oxygens (including phenoxy) is 1. The lowest BCUT2D eigenvalue weighted by atomic mass is 10.1. The molecule has 0 aromatic heterocycles. The summed E-state index contributed by atoms with van der Waals surface area (Å²) < 4.78 is 5.35. The highest BCUT2D eigenvalue weighted by atomic mass is 32.1. The average Bonchev–Trinajstić information content (AvgIpc) is 2.70. The normalized spacial score (nSPS) is 13.7. The van der Waals surface area contributed by atoms with E-state index in [1.165, 1.54) is 12.1 Å². The highest BCUT2D eigenvalue weighted by molar-refractivity contribution is 7.80. The predicted octanol–water partition coefficient (Wildman–Crippen LogP) is 3.18. The van der Waals surface area contributed by atoms with Crippen molar-refractivity contribution in [1.82, 2.24) is 5.32 Å². The van der Waals surface area contributed by atoms with Crippen molar-refractivity contribution in [3.05, 3.63) is 63.2 Å². The van der Waals surface area contributed by atoms with Crippen LogP contribution >= 0.6 is 12.2 Å². The van der Waals surface area contributed by atoms with Crippen molar-refractivity contribution in [2.75, 3.05) is 36.5 Å². The second kappa shape index (κ2) is 8.97. The number of nitro benzene ring substituents is 1. The van der Waals surface area contributed by atoms with Gasteiger partial charge in [0.2, 0.25) is 0 Å². The fourth-order valence-electron chi connectivity index (χ4n) is 3.09. The van der Waals surface area contributed by atoms with E-state index in [2.05, 4.69) is 10.6 Å². The average molecular weight is 414 g/mol. The number of anilines is 2. The molecule has 9 heteroatoms. The molecule has 8 nitrogen and oxygen atoms in total. The van der Waals surface area contributed by atoms with Gasteiger partial charge in [0.1, 0.15) is 0 Å². The number of carbonyl (C=O) groups is 1. The zero-order valence-corrected chi connectivity index (χ0v) is 17.0. The minimum Gasteiger partial charge on any atom is -0.378 e. The van der Waals surface area contributed by atoms with E-state index >= 15 is 0 Å². The third-order valence-corrected chi connectivity index (χ3v) is 4.86. The number of aryl methyl sites for hydroxylation is 2. The Hall–Kier alpha value is -3.04. The van der Waals surface area contributed by atoms with Crippen LogP contribution in [-0.2, 0) is 4.74 Å². The van der Waals surface area contributed by atoms with E-state index in [1.54, 1.807) is 6.07 Å². The molecule has 0 bridgehead atoms. The van der Waals surface area contributed by atoms with E-state index in [1.807, 2.05) is 36.9 Å². The van der Waals surface area contributed by atoms with Gasteiger partial charge in [-0.15, -0.1) is 0 Å². The summed E-state index contributed by atoms with van der Waals surface area (Å²) in [5.74, 6) is -0.502. The summed E-state index contributed by atoms with van der Waals surface area (Å²) in [6.45, 7) is 6.16. The van der Waals surface area contributed by atoms with Gasteiger partial charge in [0.25, 0.3) is 11.6 Å². The van der Waals surface area contributed by atoms with Crippen LogP contribution in [0.4, 0.5) is 17.1 Å². The van der Waals surface area contributed by atoms with Crippen molar-refractivity contribution in [2.24, 2.45) is 0 Å². The lowest BCUT2D eigenvalue weighted by molar-refractivity contribution is -0.384. The maximum absolute atomic E-state index is 12.9. The molecule has 0 saturated carbocycles. The maximum atomic E-state index is 12.9. The number of thiocarbonyl (C=S) groups is 1. The molecule has 0 unspecified atom stereocenters. The Morgan fingerprint density at radius 2 is 1.90 bits per heavy atom. The lowest BCUT2D eigenvalue weighted by Crippen LogP contribution is -2.39. The minimum atomic E-state index is -0.521. The third-order valence-electron chi connectivity index (χ3n) is 4.66. The van der Waals surface area contributed by atoms with Gasteiger partial charge in [-0.1, -0.05) is 12.1 Å². The molecule has 1 saturated heterocycles. The summed E-state index contributed by atoms with van der Waals surface area (Å²) in [6.07, 6.45) is 0. The molecule has 1 fully saturated rings. The molecule has 2 N–H and O–H groups in total. The lowest BCUT2D eigenvalue weighted by Gasteiger charge is -2.30. The van der Waals surface area contributed by atoms with Crippen molar-refractivity contribution in [3.63, 3.8) is 0 Å². The van der Waals surface area contributed by atoms with Crippen molar-refractivity contribution in [1.29, 1.82) is 0 Å². The number of nitrogens with zero attached hydrogens (tertiary/aromatic N) is 2. The van der Waals surface area contributed by atoms with Crippen molar-refractivity contribution < 1.29 is 14.5 Å². The molecule has 29 heavy (non-hydrogen) atoms. The van der Waals surface area contributed by atoms with Gasteiger partial charge < -0.3 is 15.0 Å². The Morgan fingerprint density at radius 1 is 1.17 bits per heavy atom. The van der Waals surface area contributed by atoms with E-state index < -0.39 is 10.8 Å². The largest absolute Gasteiger partial charge is 0.378 e. The first-order valence-electron chi connectivity index (χ1n) is 9.16. The van der Waals surface area contributed by atoms with Gasteiger partial charge in [0, 0.05) is 30.9 Å². The van der Waals surface area contributed by atoms with Crippen LogP contribution < -0.4 is 15.5 Å². The second-order valence-electron chi connectivity index (χ2n) is 6.78. The number of benzene rings is 2. The molecule has 1 aliphatic heterocycles. The molecule has 2 aromatic rings. The molecule has 152 valence electrons. The van der Waals surface area contributed by atoms with Crippen LogP contribution in [0.25, 0.3) is 0 Å². The summed E-state index contributed by atoms with van der Waals surface area (Å²) in [6, 6.07) is 10.1. The number of morpholine rings is 1. The molecule has 1 heterocycles. The van der Waals surface area contributed by atoms with Gasteiger partial charge >= 0.3 is 0 Å². The molecule has 1 amide bonds. The van der Waals surface area contributed by atoms with E-state index in [-0.39, 0.29) is 16.4 Å². The van der Waals surface area contributed by atoms with Crippen LogP contribution in [0.2, 0.25) is 0 Å². The van der Waals surface area contributed by atoms with Crippen molar-refractivity contribution in [2.45, 2.75) is 13.8 Å². The Morgan fingerprint density at radius 3 is 2.59 bits per heavy atom. The fourth-order valence-corrected chi connectivity index (χ4v) is 3.30. The Balaban J connectivity index is 1.82. The number of nitrogens with one attached hydrogen (secondary N) is 2. The first-order chi connectivity index (χ1) is 13.8. The third kappa shape index (κ3) is 5.07. The van der Waals surface area contributed by atoms with E-state index in [0.717, 1.165) is 16.8 Å². The monoisotopic (exact) mass is 414 g/mol. The molecular formula is C20H22N4O4S. The molecular weight excluding hydrogens is 392 g/mol. The summed E-state index contributed by atoms with van der Waals surface area (Å²) in [5.41, 5.74) is 3.50. The number of carbonyl (C=O) groups excluding carboxylic acids is 1. The first-order valence-corrected chi connectivity index (χ1v) is 9.56. The molecule has 2 aromatic carbocycles. The number of non-ortho nitro benzene ring substituents is 1. The standard InChI is InChI=1S/C20H22N4O4S/c1-13-3-4-14(2)17(11-13)21-20(29)22-19(25)16-12-15(24(26)27)5-6-18(16)23-7-9-28-10-8-23/h3-6,11-12H,7-10H2,1-2H3,(H2,21,22,25,29). The molecule has 0 radical (unpaired) electrons. The molecule has 0 atom stereocenters. The van der Waals surface area contributed by atoms with Gasteiger partial charge in [0.05, 0.1) is 29.4 Å². The number of rotatable bonds is 4. The summed E-state index contributed by atoms with van der Waals surface area (Å²) in [7, 11) is 0. The van der Waals surface area contributed by atoms with E-state index in [4.69, 9.17) is 17.0 Å². The molecule has 0 spiro atoms. The number of amides is 1. The first kappa shape index (κ1) is 20.7. The smallest absolute Gasteiger partial charge is 0.270 e. The quantitative estimate of drug-likeness (QED) is 0.451. The van der Waals surface area contributed by atoms with Crippen molar-refractivity contribution in [3.8, 4) is 0 Å². The fraction of sp³-hybridized carbons (Fsp3) is 0.300. The summed E-state index contributed by atoms with van der Waals surface area (Å²) >= 11 is 5.29. The zero-order valence-electron chi connectivity index (χ0n) is 16.2. The Bertz CT molecular complexity index is 957. The van der Waals surface area contributed by atoms with E-state index in [0.29, 0.717) is 32.0 Å². The Kier molecular flexibility index (Phi) is 6.40. The van der Waals surface area contributed by atoms with Gasteiger partial charge in [-0.3, -0.25) is 20.2 Å². The molecule has 3 rings (SSSR count). The highest BCUT2D eigenvalue weighted by Gasteiger charge is 2.22. The van der Waals surface area contributed by atoms with Crippen LogP contribution in [0, 0.1) is 24.0 Å². The van der Waals surface area contributed by atoms with Crippen LogP contribution in [0.3, 0.4) is 0 Å². The number of nitro groups is 1. The van der Waals surface area contributed by atoms with Crippen LogP contribution in [0.1, 0.15) is 21.5 Å². The topological polar surface area (TPSA) is 96.7 Å². The zero-order chi connectivity index (χ0) is 21.0. The summed E-state index contributed by atoms with van der Waals surface area (Å²) in [5, 5.41) is 17.0. The molecule has 0 aliphatic carbocycles. The van der Waals surface area contributed by atoms with E-state index in [9.17, 15) is 14.9 Å². The molecule has 1 aliphatic rings. The van der Waals surface area contributed by atoms with Crippen LogP contribution in [-0.4, -0.2) is 42.2 Å². The second-order valence-corrected chi connectivity index (χ2v) is 7.19. The van der Waals surface area contributed by atoms with Crippen LogP contribution in [0.5, 0.6) is 0 Å². The predicted molar refractivity (Wildman–Crippen MR) is 116 cm³/mol. The number of hydrogen-bond acceptors (Lipinski definition) is 6. The summed E-state index contributed by atoms with van der Waals surface area (Å²) in [4.78, 5) is 25.6. The highest BCUT2D eigenvalue weighted by Crippen LogP contribution is 2.26. The van der Waals surface area contributed by atoms with Crippen LogP contribution in [0.15, 0.2) is 36.4 Å². The number of hydrogen-bond donors (Lipinski definition) is 2. The minimum absolute atomic E-state index is 0.128. The van der Waals surface area contributed by atoms with Gasteiger partial charge in [0.15, 0.2) is 5.11 Å². The van der Waals surface area contributed by atoms with Gasteiger partial charge in [-0.05, 0) is 49.3 Å². The van der Waals surface area contributed by atoms with Crippen molar-refractivity contribution >= 4 is 40.3 Å². The SMILES string of the molecule is Cc1ccc(C)c(NC(=S)NC(=O)c2cc([N+](=O)[O-])ccc2N2CCOCC2)c1. The van der Waals surface area contributed by atoms with Gasteiger partial charge in [-0.25, -0.2) is 0 Å². The van der Waals surface area contributed by atoms with Gasteiger partial charge in [-0.2, -0.15) is 0 Å².